The van der Waals surface area contributed by atoms with Crippen molar-refractivity contribution in [3.8, 4) is 6.01 Å². The van der Waals surface area contributed by atoms with Gasteiger partial charge in [0.1, 0.15) is 12.7 Å². The maximum absolute atomic E-state index is 5.57. The molecule has 5 heteroatoms. The summed E-state index contributed by atoms with van der Waals surface area (Å²) in [6.45, 7) is 2.93. The molecule has 1 N–H and O–H groups in total. The van der Waals surface area contributed by atoms with Crippen molar-refractivity contribution in [3.05, 3.63) is 30.5 Å². The van der Waals surface area contributed by atoms with Crippen LogP contribution in [0.5, 0.6) is 6.01 Å². The third kappa shape index (κ3) is 2.57. The number of ether oxygens (including phenoxy) is 2. The first-order valence-electron chi connectivity index (χ1n) is 6.09. The molecular weight excluding hydrogens is 230 g/mol. The Bertz CT molecular complexity index is 526. The largest absolute Gasteiger partial charge is 0.461 e. The standard InChI is InChI=1S/C13H15N3O2/c1-2-4-12-10(3-1)7-15-13(16-12)18-9-11-8-14-5-6-17-11/h1-4,7,11,14H,5-6,8-9H2. The molecule has 0 aliphatic carbocycles. The number of para-hydroxylation sites is 1. The fourth-order valence-corrected chi connectivity index (χ4v) is 1.92. The second-order valence-corrected chi connectivity index (χ2v) is 4.22. The predicted octanol–water partition coefficient (Wildman–Crippen LogP) is 0.997. The minimum atomic E-state index is 0.0776. The molecule has 3 rings (SSSR count). The molecule has 1 aliphatic heterocycles. The lowest BCUT2D eigenvalue weighted by Gasteiger charge is -2.23. The van der Waals surface area contributed by atoms with E-state index in [-0.39, 0.29) is 6.10 Å². The second kappa shape index (κ2) is 5.29. The molecule has 0 amide bonds. The Morgan fingerprint density at radius 1 is 1.39 bits per heavy atom. The lowest BCUT2D eigenvalue weighted by molar-refractivity contribution is -0.00170. The SMILES string of the molecule is c1ccc2nc(OCC3CNCCO3)ncc2c1. The molecule has 94 valence electrons. The quantitative estimate of drug-likeness (QED) is 0.874. The van der Waals surface area contributed by atoms with Crippen molar-refractivity contribution < 1.29 is 9.47 Å². The summed E-state index contributed by atoms with van der Waals surface area (Å²) in [4.78, 5) is 8.53. The smallest absolute Gasteiger partial charge is 0.317 e. The van der Waals surface area contributed by atoms with Gasteiger partial charge in [-0.3, -0.25) is 0 Å². The number of morpholine rings is 1. The molecule has 1 atom stereocenters. The summed E-state index contributed by atoms with van der Waals surface area (Å²) in [6, 6.07) is 8.25. The molecule has 1 saturated heterocycles. The topological polar surface area (TPSA) is 56.3 Å². The van der Waals surface area contributed by atoms with Crippen LogP contribution in [0.25, 0.3) is 10.9 Å². The maximum Gasteiger partial charge on any atom is 0.317 e. The first-order chi connectivity index (χ1) is 8.92. The fourth-order valence-electron chi connectivity index (χ4n) is 1.92. The van der Waals surface area contributed by atoms with Gasteiger partial charge in [0.05, 0.1) is 12.1 Å². The van der Waals surface area contributed by atoms with E-state index in [1.807, 2.05) is 24.3 Å². The third-order valence-corrected chi connectivity index (χ3v) is 2.87. The van der Waals surface area contributed by atoms with E-state index in [1.54, 1.807) is 6.20 Å². The van der Waals surface area contributed by atoms with Crippen LogP contribution in [-0.4, -0.2) is 42.4 Å². The van der Waals surface area contributed by atoms with Crippen LogP contribution < -0.4 is 10.1 Å². The number of nitrogens with one attached hydrogen (secondary N) is 1. The van der Waals surface area contributed by atoms with Crippen molar-refractivity contribution in [2.75, 3.05) is 26.3 Å². The summed E-state index contributed by atoms with van der Waals surface area (Å²) in [5, 5.41) is 4.27. The zero-order valence-electron chi connectivity index (χ0n) is 10.0. The van der Waals surface area contributed by atoms with Gasteiger partial charge in [-0.2, -0.15) is 4.98 Å². The monoisotopic (exact) mass is 245 g/mol. The van der Waals surface area contributed by atoms with Crippen molar-refractivity contribution in [1.29, 1.82) is 0 Å². The number of hydrogen-bond acceptors (Lipinski definition) is 5. The lowest BCUT2D eigenvalue weighted by atomic mass is 10.2. The van der Waals surface area contributed by atoms with Crippen LogP contribution in [0.2, 0.25) is 0 Å². The van der Waals surface area contributed by atoms with Crippen molar-refractivity contribution in [2.24, 2.45) is 0 Å². The highest BCUT2D eigenvalue weighted by Gasteiger charge is 2.14. The van der Waals surface area contributed by atoms with Gasteiger partial charge < -0.3 is 14.8 Å². The van der Waals surface area contributed by atoms with E-state index in [0.717, 1.165) is 30.6 Å². The molecule has 0 radical (unpaired) electrons. The van der Waals surface area contributed by atoms with Crippen molar-refractivity contribution in [3.63, 3.8) is 0 Å². The van der Waals surface area contributed by atoms with Gasteiger partial charge in [-0.1, -0.05) is 18.2 Å². The molecule has 2 heterocycles. The molecule has 0 spiro atoms. The minimum absolute atomic E-state index is 0.0776. The van der Waals surface area contributed by atoms with Gasteiger partial charge in [-0.05, 0) is 6.07 Å². The lowest BCUT2D eigenvalue weighted by Crippen LogP contribution is -2.41. The van der Waals surface area contributed by atoms with Crippen molar-refractivity contribution >= 4 is 10.9 Å². The van der Waals surface area contributed by atoms with Gasteiger partial charge >= 0.3 is 6.01 Å². The molecule has 5 nitrogen and oxygen atoms in total. The van der Waals surface area contributed by atoms with E-state index in [4.69, 9.17) is 9.47 Å². The molecule has 2 aromatic rings. The first kappa shape index (κ1) is 11.4. The van der Waals surface area contributed by atoms with E-state index in [2.05, 4.69) is 15.3 Å². The zero-order valence-corrected chi connectivity index (χ0v) is 10.0. The van der Waals surface area contributed by atoms with Gasteiger partial charge in [-0.15, -0.1) is 0 Å². The van der Waals surface area contributed by atoms with Crippen LogP contribution in [0, 0.1) is 0 Å². The number of benzene rings is 1. The molecule has 1 fully saturated rings. The Hall–Kier alpha value is -1.72. The molecule has 1 unspecified atom stereocenters. The molecule has 0 bridgehead atoms. The molecule has 0 saturated carbocycles. The number of fused-ring (bicyclic) bond motifs is 1. The highest BCUT2D eigenvalue weighted by atomic mass is 16.5. The normalized spacial score (nSPS) is 19.9. The van der Waals surface area contributed by atoms with Gasteiger partial charge in [0.25, 0.3) is 0 Å². The Morgan fingerprint density at radius 3 is 3.22 bits per heavy atom. The number of hydrogen-bond donors (Lipinski definition) is 1. The molecule has 18 heavy (non-hydrogen) atoms. The van der Waals surface area contributed by atoms with Crippen LogP contribution >= 0.6 is 0 Å². The number of rotatable bonds is 3. The van der Waals surface area contributed by atoms with E-state index < -0.39 is 0 Å². The van der Waals surface area contributed by atoms with E-state index >= 15 is 0 Å². The summed E-state index contributed by atoms with van der Waals surface area (Å²) in [7, 11) is 0. The van der Waals surface area contributed by atoms with Crippen LogP contribution in [-0.2, 0) is 4.74 Å². The molecule has 1 aromatic carbocycles. The zero-order chi connectivity index (χ0) is 12.2. The molecular formula is C13H15N3O2. The average Bonchev–Trinajstić information content (AvgIpc) is 2.46. The Morgan fingerprint density at radius 2 is 2.33 bits per heavy atom. The Labute approximate surface area is 105 Å². The molecule has 1 aliphatic rings. The van der Waals surface area contributed by atoms with E-state index in [1.165, 1.54) is 0 Å². The van der Waals surface area contributed by atoms with Crippen LogP contribution in [0.15, 0.2) is 30.5 Å². The van der Waals surface area contributed by atoms with Crippen molar-refractivity contribution in [2.45, 2.75) is 6.10 Å². The third-order valence-electron chi connectivity index (χ3n) is 2.87. The van der Waals surface area contributed by atoms with Gasteiger partial charge in [0, 0.05) is 24.7 Å². The Balaban J connectivity index is 1.66. The van der Waals surface area contributed by atoms with E-state index in [9.17, 15) is 0 Å². The van der Waals surface area contributed by atoms with Crippen LogP contribution in [0.3, 0.4) is 0 Å². The highest BCUT2D eigenvalue weighted by Crippen LogP contribution is 2.13. The summed E-state index contributed by atoms with van der Waals surface area (Å²) in [6.07, 6.45) is 1.85. The van der Waals surface area contributed by atoms with Gasteiger partial charge in [0.2, 0.25) is 0 Å². The maximum atomic E-state index is 5.57. The fraction of sp³-hybridized carbons (Fsp3) is 0.385. The summed E-state index contributed by atoms with van der Waals surface area (Å²) < 4.78 is 11.1. The molecule has 1 aromatic heterocycles. The van der Waals surface area contributed by atoms with Gasteiger partial charge in [0.15, 0.2) is 0 Å². The van der Waals surface area contributed by atoms with Crippen LogP contribution in [0.1, 0.15) is 0 Å². The van der Waals surface area contributed by atoms with Crippen LogP contribution in [0.4, 0.5) is 0 Å². The summed E-state index contributed by atoms with van der Waals surface area (Å²) in [5.74, 6) is 0. The number of aromatic nitrogens is 2. The average molecular weight is 245 g/mol. The minimum Gasteiger partial charge on any atom is -0.461 e. The number of nitrogens with zero attached hydrogens (tertiary/aromatic N) is 2. The second-order valence-electron chi connectivity index (χ2n) is 4.22. The first-order valence-corrected chi connectivity index (χ1v) is 6.09. The van der Waals surface area contributed by atoms with E-state index in [0.29, 0.717) is 12.6 Å². The van der Waals surface area contributed by atoms with Gasteiger partial charge in [-0.25, -0.2) is 4.98 Å². The Kier molecular flexibility index (Phi) is 3.34. The predicted molar refractivity (Wildman–Crippen MR) is 67.6 cm³/mol. The summed E-state index contributed by atoms with van der Waals surface area (Å²) in [5.41, 5.74) is 0.894. The van der Waals surface area contributed by atoms with Crippen molar-refractivity contribution in [1.82, 2.24) is 15.3 Å². The highest BCUT2D eigenvalue weighted by molar-refractivity contribution is 5.77. The summed E-state index contributed by atoms with van der Waals surface area (Å²) >= 11 is 0.